The highest BCUT2D eigenvalue weighted by atomic mass is 16.5. The Morgan fingerprint density at radius 1 is 1.20 bits per heavy atom. The van der Waals surface area contributed by atoms with Gasteiger partial charge in [0.1, 0.15) is 0 Å². The number of hydroxylamine groups is 1. The van der Waals surface area contributed by atoms with Gasteiger partial charge in [-0.1, -0.05) is 25.0 Å². The normalized spacial score (nSPS) is 16.8. The van der Waals surface area contributed by atoms with Crippen LogP contribution in [-0.2, 0) is 0 Å². The van der Waals surface area contributed by atoms with Crippen molar-refractivity contribution >= 4 is 18.0 Å². The number of hydrogen-bond acceptors (Lipinski definition) is 4. The molecule has 0 radical (unpaired) electrons. The Balaban J connectivity index is 1.93. The summed E-state index contributed by atoms with van der Waals surface area (Å²) in [5, 5.41) is 12.6. The third-order valence-electron chi connectivity index (χ3n) is 4.75. The first kappa shape index (κ1) is 18.9. The lowest BCUT2D eigenvalue weighted by Gasteiger charge is -2.34. The Hall–Kier alpha value is -2.47. The topological polar surface area (TPSA) is 90.8 Å². The van der Waals surface area contributed by atoms with E-state index in [2.05, 4.69) is 31.3 Å². The van der Waals surface area contributed by atoms with Crippen molar-refractivity contribution in [1.82, 2.24) is 10.9 Å². The van der Waals surface area contributed by atoms with Gasteiger partial charge in [0, 0.05) is 23.8 Å². The third-order valence-corrected chi connectivity index (χ3v) is 4.75. The van der Waals surface area contributed by atoms with Crippen molar-refractivity contribution in [2.75, 3.05) is 0 Å². The molecule has 1 aromatic rings. The Morgan fingerprint density at radius 2 is 1.80 bits per heavy atom. The highest BCUT2D eigenvalue weighted by Crippen LogP contribution is 2.41. The van der Waals surface area contributed by atoms with Crippen molar-refractivity contribution in [2.45, 2.75) is 46.5 Å². The van der Waals surface area contributed by atoms with Gasteiger partial charge in [-0.25, -0.2) is 10.9 Å². The second-order valence-electron chi connectivity index (χ2n) is 6.97. The summed E-state index contributed by atoms with van der Waals surface area (Å²) in [4.78, 5) is 23.3. The van der Waals surface area contributed by atoms with Crippen molar-refractivity contribution in [2.24, 2.45) is 10.5 Å². The molecule has 6 nitrogen and oxygen atoms in total. The molecule has 0 saturated carbocycles. The van der Waals surface area contributed by atoms with Gasteiger partial charge in [-0.2, -0.15) is 5.10 Å². The number of hydrogen-bond donors (Lipinski definition) is 3. The first-order chi connectivity index (χ1) is 11.8. The lowest BCUT2D eigenvalue weighted by Crippen LogP contribution is -2.22. The highest BCUT2D eigenvalue weighted by molar-refractivity contribution is 5.97. The average Bonchev–Trinajstić information content (AvgIpc) is 2.59. The molecule has 0 bridgehead atoms. The molecule has 0 aliphatic heterocycles. The molecule has 0 saturated heterocycles. The zero-order valence-electron chi connectivity index (χ0n) is 14.9. The second-order valence-corrected chi connectivity index (χ2v) is 6.97. The number of carbonyl (C=O) groups is 2. The molecule has 0 unspecified atom stereocenters. The zero-order chi connectivity index (χ0) is 18.4. The highest BCUT2D eigenvalue weighted by Gasteiger charge is 2.27. The molecule has 25 heavy (non-hydrogen) atoms. The van der Waals surface area contributed by atoms with E-state index in [1.54, 1.807) is 11.7 Å². The van der Waals surface area contributed by atoms with Crippen molar-refractivity contribution < 1.29 is 14.8 Å². The number of nitrogens with one attached hydrogen (secondary N) is 2. The molecule has 1 aliphatic rings. The number of allylic oxidation sites excluding steroid dienone is 2. The molecular weight excluding hydrogens is 318 g/mol. The molecule has 2 rings (SSSR count). The number of carbonyl (C=O) groups excluding carboxylic acids is 2. The summed E-state index contributed by atoms with van der Waals surface area (Å²) in [7, 11) is 0. The van der Waals surface area contributed by atoms with Crippen molar-refractivity contribution in [3.63, 3.8) is 0 Å². The molecule has 0 spiro atoms. The van der Waals surface area contributed by atoms with E-state index in [0.29, 0.717) is 5.56 Å². The fourth-order valence-electron chi connectivity index (χ4n) is 3.27. The van der Waals surface area contributed by atoms with E-state index in [1.807, 2.05) is 0 Å². The van der Waals surface area contributed by atoms with Gasteiger partial charge in [-0.3, -0.25) is 14.8 Å². The Morgan fingerprint density at radius 3 is 2.36 bits per heavy atom. The van der Waals surface area contributed by atoms with Crippen molar-refractivity contribution in [3.05, 3.63) is 46.5 Å². The van der Waals surface area contributed by atoms with Crippen LogP contribution in [0.4, 0.5) is 0 Å². The Bertz CT molecular complexity index is 703. The van der Waals surface area contributed by atoms with Crippen LogP contribution >= 0.6 is 0 Å². The maximum Gasteiger partial charge on any atom is 0.274 e. The van der Waals surface area contributed by atoms with E-state index in [4.69, 9.17) is 5.21 Å². The van der Waals surface area contributed by atoms with Crippen LogP contribution in [0.25, 0.3) is 0 Å². The van der Waals surface area contributed by atoms with E-state index < -0.39 is 5.91 Å². The minimum atomic E-state index is -0.622. The summed E-state index contributed by atoms with van der Waals surface area (Å²) in [6, 6.07) is 5.94. The first-order valence-corrected chi connectivity index (χ1v) is 8.40. The lowest BCUT2D eigenvalue weighted by molar-refractivity contribution is 0.0706. The van der Waals surface area contributed by atoms with Crippen molar-refractivity contribution in [1.29, 1.82) is 0 Å². The summed E-state index contributed by atoms with van der Waals surface area (Å²) in [6.45, 7) is 6.68. The molecule has 6 heteroatoms. The molecule has 0 atom stereocenters. The average molecular weight is 343 g/mol. The zero-order valence-corrected chi connectivity index (χ0v) is 14.9. The minimum absolute atomic E-state index is 0.182. The fraction of sp³-hybridized carbons (Fsp3) is 0.421. The fourth-order valence-corrected chi connectivity index (χ4v) is 3.27. The largest absolute Gasteiger partial charge is 0.288 e. The van der Waals surface area contributed by atoms with Crippen molar-refractivity contribution in [3.8, 4) is 0 Å². The van der Waals surface area contributed by atoms with E-state index in [0.717, 1.165) is 12.8 Å². The third kappa shape index (κ3) is 4.76. The molecule has 0 fully saturated rings. The summed E-state index contributed by atoms with van der Waals surface area (Å²) in [5.74, 6) is -0.968. The second kappa shape index (κ2) is 8.07. The Kier molecular flexibility index (Phi) is 6.09. The molecule has 134 valence electrons. The van der Waals surface area contributed by atoms with Crippen LogP contribution in [0.3, 0.4) is 0 Å². The smallest absolute Gasteiger partial charge is 0.274 e. The van der Waals surface area contributed by atoms with Crippen LogP contribution < -0.4 is 10.9 Å². The first-order valence-electron chi connectivity index (χ1n) is 8.40. The molecule has 1 aliphatic carbocycles. The SMILES string of the molecule is CC1=C(C/C=N/NC(=O)c2ccc(C(=O)NO)cc2)C(C)(C)CCC1. The molecule has 2 amide bonds. The van der Waals surface area contributed by atoms with Crippen LogP contribution in [0.15, 0.2) is 40.5 Å². The lowest BCUT2D eigenvalue weighted by atomic mass is 9.72. The predicted octanol–water partition coefficient (Wildman–Crippen LogP) is 3.44. The monoisotopic (exact) mass is 343 g/mol. The maximum atomic E-state index is 12.1. The van der Waals surface area contributed by atoms with Crippen LogP contribution in [0.5, 0.6) is 0 Å². The molecule has 3 N–H and O–H groups in total. The summed E-state index contributed by atoms with van der Waals surface area (Å²) >= 11 is 0. The quantitative estimate of drug-likeness (QED) is 0.331. The number of rotatable bonds is 5. The van der Waals surface area contributed by atoms with Gasteiger partial charge in [0.15, 0.2) is 0 Å². The molecule has 0 heterocycles. The summed E-state index contributed by atoms with van der Waals surface area (Å²) < 4.78 is 0. The van der Waals surface area contributed by atoms with Crippen LogP contribution in [0, 0.1) is 5.41 Å². The number of benzene rings is 1. The van der Waals surface area contributed by atoms with Gasteiger partial charge in [-0.05, 0) is 55.9 Å². The van der Waals surface area contributed by atoms with E-state index >= 15 is 0 Å². The standard InChI is InChI=1S/C19H25N3O3/c1-13-5-4-11-19(2,3)16(13)10-12-20-21-17(23)14-6-8-15(9-7-14)18(24)22-25/h6-9,12,25H,4-5,10-11H2,1-3H3,(H,21,23)(H,22,24)/b20-12+. The maximum absolute atomic E-state index is 12.1. The van der Waals surface area contributed by atoms with Crippen LogP contribution in [0.1, 0.15) is 67.2 Å². The van der Waals surface area contributed by atoms with Crippen LogP contribution in [-0.4, -0.2) is 23.2 Å². The number of nitrogens with zero attached hydrogens (tertiary/aromatic N) is 1. The summed E-state index contributed by atoms with van der Waals surface area (Å²) in [5.41, 5.74) is 7.71. The van der Waals surface area contributed by atoms with Gasteiger partial charge in [0.05, 0.1) is 0 Å². The number of amides is 2. The molecule has 1 aromatic carbocycles. The Labute approximate surface area is 148 Å². The van der Waals surface area contributed by atoms with Gasteiger partial charge >= 0.3 is 0 Å². The van der Waals surface area contributed by atoms with Crippen LogP contribution in [0.2, 0.25) is 0 Å². The number of hydrazone groups is 1. The van der Waals surface area contributed by atoms with Gasteiger partial charge in [-0.15, -0.1) is 0 Å². The van der Waals surface area contributed by atoms with E-state index in [1.165, 1.54) is 48.3 Å². The van der Waals surface area contributed by atoms with E-state index in [9.17, 15) is 9.59 Å². The minimum Gasteiger partial charge on any atom is -0.288 e. The van der Waals surface area contributed by atoms with Gasteiger partial charge < -0.3 is 0 Å². The van der Waals surface area contributed by atoms with Gasteiger partial charge in [0.2, 0.25) is 0 Å². The predicted molar refractivity (Wildman–Crippen MR) is 96.6 cm³/mol. The molecule has 0 aromatic heterocycles. The van der Waals surface area contributed by atoms with Gasteiger partial charge in [0.25, 0.3) is 11.8 Å². The van der Waals surface area contributed by atoms with E-state index in [-0.39, 0.29) is 16.9 Å². The summed E-state index contributed by atoms with van der Waals surface area (Å²) in [6.07, 6.45) is 5.99. The molecular formula is C19H25N3O3.